The van der Waals surface area contributed by atoms with Crippen molar-refractivity contribution in [2.24, 2.45) is 0 Å². The first kappa shape index (κ1) is 22.5. The van der Waals surface area contributed by atoms with Gasteiger partial charge in [0.2, 0.25) is 6.54 Å². The Labute approximate surface area is 72.6 Å². The van der Waals surface area contributed by atoms with E-state index in [1.165, 1.54) is 0 Å². The van der Waals surface area contributed by atoms with Crippen LogP contribution >= 0.6 is 0 Å². The maximum absolute atomic E-state index is 9.40. The second-order valence-corrected chi connectivity index (χ2v) is 1.06. The summed E-state index contributed by atoms with van der Waals surface area (Å²) in [5.41, 5.74) is 0. The smallest absolute Gasteiger partial charge is 0.203 e. The molecule has 0 saturated heterocycles. The summed E-state index contributed by atoms with van der Waals surface area (Å²) in [6.07, 6.45) is 0.632. The third-order valence-corrected chi connectivity index (χ3v) is 0.406. The average molecular weight is 185 g/mol. The summed E-state index contributed by atoms with van der Waals surface area (Å²) in [7, 11) is 3.00. The Hall–Kier alpha value is -0.720. The summed E-state index contributed by atoms with van der Waals surface area (Å²) in [4.78, 5) is 9.09. The molecule has 0 fully saturated rings. The lowest BCUT2D eigenvalue weighted by Crippen LogP contribution is -1.96. The Bertz CT molecular complexity index is 59.9. The van der Waals surface area contributed by atoms with Crippen LogP contribution in [0.4, 0.5) is 0 Å². The van der Waals surface area contributed by atoms with E-state index in [0.717, 1.165) is 21.3 Å². The first-order valence-electron chi connectivity index (χ1n) is 3.23. The molecule has 12 heavy (non-hydrogen) atoms. The summed E-state index contributed by atoms with van der Waals surface area (Å²) in [5, 5.41) is 30.4. The molecule has 78 valence electrons. The number of rotatable bonds is 2. The second-order valence-electron chi connectivity index (χ2n) is 1.06. The quantitative estimate of drug-likeness (QED) is 0.397. The van der Waals surface area contributed by atoms with E-state index in [-0.39, 0.29) is 11.5 Å². The molecular weight excluding hydrogens is 166 g/mol. The van der Waals surface area contributed by atoms with Crippen molar-refractivity contribution in [1.29, 1.82) is 0 Å². The molecule has 0 amide bonds. The normalized spacial score (nSPS) is 5.58. The van der Waals surface area contributed by atoms with Crippen molar-refractivity contribution in [2.75, 3.05) is 27.9 Å². The van der Waals surface area contributed by atoms with E-state index in [1.54, 1.807) is 6.92 Å². The second kappa shape index (κ2) is 48.3. The van der Waals surface area contributed by atoms with Gasteiger partial charge in [0, 0.05) is 32.7 Å². The number of aliphatic hydroxyl groups is 3. The monoisotopic (exact) mass is 185 g/mol. The van der Waals surface area contributed by atoms with Crippen molar-refractivity contribution in [2.45, 2.75) is 13.3 Å². The topological polar surface area (TPSA) is 104 Å². The Morgan fingerprint density at radius 1 is 1.08 bits per heavy atom. The van der Waals surface area contributed by atoms with Gasteiger partial charge in [-0.05, 0) is 0 Å². The Kier molecular flexibility index (Phi) is 90.6. The molecule has 6 heteroatoms. The standard InChI is InChI=1S/C3H7NO2.3CH4O/c1-2-3-4(5)6;3*1-2/h2-3H2,1H3;3*2H,1H3. The summed E-state index contributed by atoms with van der Waals surface area (Å²) in [5.74, 6) is 0. The summed E-state index contributed by atoms with van der Waals surface area (Å²) in [6, 6.07) is 0. The summed E-state index contributed by atoms with van der Waals surface area (Å²) in [6.45, 7) is 1.88. The van der Waals surface area contributed by atoms with Crippen molar-refractivity contribution < 1.29 is 20.2 Å². The molecule has 0 spiro atoms. The van der Waals surface area contributed by atoms with Crippen LogP contribution in [0.5, 0.6) is 0 Å². The largest absolute Gasteiger partial charge is 0.400 e. The van der Waals surface area contributed by atoms with Gasteiger partial charge in [-0.2, -0.15) is 0 Å². The van der Waals surface area contributed by atoms with Crippen LogP contribution in [0.25, 0.3) is 0 Å². The summed E-state index contributed by atoms with van der Waals surface area (Å²) < 4.78 is 0. The van der Waals surface area contributed by atoms with E-state index in [4.69, 9.17) is 15.3 Å². The van der Waals surface area contributed by atoms with Gasteiger partial charge in [-0.3, -0.25) is 10.1 Å². The van der Waals surface area contributed by atoms with E-state index in [1.807, 2.05) is 0 Å². The molecule has 0 rings (SSSR count). The van der Waals surface area contributed by atoms with Gasteiger partial charge in [-0.1, -0.05) is 6.92 Å². The first-order chi connectivity index (χ1) is 5.77. The molecule has 0 aliphatic heterocycles. The van der Waals surface area contributed by atoms with Gasteiger partial charge in [0.25, 0.3) is 0 Å². The minimum absolute atomic E-state index is 0.0972. The number of nitrogens with zero attached hydrogens (tertiary/aromatic N) is 1. The van der Waals surface area contributed by atoms with Crippen molar-refractivity contribution >= 4 is 0 Å². The van der Waals surface area contributed by atoms with E-state index < -0.39 is 0 Å². The number of aliphatic hydroxyl groups excluding tert-OH is 3. The molecular formula is C6H19NO5. The maximum Gasteiger partial charge on any atom is 0.203 e. The molecule has 0 aromatic heterocycles. The molecule has 0 heterocycles. The molecule has 0 atom stereocenters. The number of nitro groups is 1. The van der Waals surface area contributed by atoms with Crippen LogP contribution in [0.3, 0.4) is 0 Å². The van der Waals surface area contributed by atoms with Crippen molar-refractivity contribution in [1.82, 2.24) is 0 Å². The van der Waals surface area contributed by atoms with E-state index in [2.05, 4.69) is 0 Å². The highest BCUT2D eigenvalue weighted by Gasteiger charge is 1.85. The lowest BCUT2D eigenvalue weighted by molar-refractivity contribution is -0.479. The van der Waals surface area contributed by atoms with Gasteiger partial charge in [-0.15, -0.1) is 0 Å². The van der Waals surface area contributed by atoms with Gasteiger partial charge in [0.05, 0.1) is 0 Å². The third kappa shape index (κ3) is 122. The van der Waals surface area contributed by atoms with Crippen molar-refractivity contribution in [3.05, 3.63) is 10.1 Å². The van der Waals surface area contributed by atoms with Crippen LogP contribution in [0.15, 0.2) is 0 Å². The van der Waals surface area contributed by atoms with Gasteiger partial charge >= 0.3 is 0 Å². The molecule has 0 aromatic carbocycles. The summed E-state index contributed by atoms with van der Waals surface area (Å²) >= 11 is 0. The zero-order valence-electron chi connectivity index (χ0n) is 8.02. The van der Waals surface area contributed by atoms with Gasteiger partial charge < -0.3 is 15.3 Å². The van der Waals surface area contributed by atoms with Gasteiger partial charge in [0.15, 0.2) is 0 Å². The lowest BCUT2D eigenvalue weighted by atomic mass is 10.5. The highest BCUT2D eigenvalue weighted by Crippen LogP contribution is 1.72. The van der Waals surface area contributed by atoms with E-state index in [0.29, 0.717) is 6.42 Å². The van der Waals surface area contributed by atoms with Crippen molar-refractivity contribution in [3.8, 4) is 0 Å². The first-order valence-corrected chi connectivity index (χ1v) is 3.23. The van der Waals surface area contributed by atoms with Gasteiger partial charge in [-0.25, -0.2) is 0 Å². The lowest BCUT2D eigenvalue weighted by Gasteiger charge is -1.80. The minimum Gasteiger partial charge on any atom is -0.400 e. The molecule has 3 N–H and O–H groups in total. The predicted molar refractivity (Wildman–Crippen MR) is 46.6 cm³/mol. The SMILES string of the molecule is CCC[N+](=O)[O-].CO.CO.CO. The van der Waals surface area contributed by atoms with Gasteiger partial charge in [0.1, 0.15) is 0 Å². The Morgan fingerprint density at radius 3 is 1.33 bits per heavy atom. The molecule has 0 unspecified atom stereocenters. The van der Waals surface area contributed by atoms with Crippen molar-refractivity contribution in [3.63, 3.8) is 0 Å². The fourth-order valence-corrected chi connectivity index (χ4v) is 0.183. The molecule has 0 aliphatic rings. The molecule has 0 saturated carbocycles. The van der Waals surface area contributed by atoms with Crippen LogP contribution in [-0.2, 0) is 0 Å². The fourth-order valence-electron chi connectivity index (χ4n) is 0.183. The van der Waals surface area contributed by atoms with Crippen LogP contribution in [-0.4, -0.2) is 48.1 Å². The zero-order valence-corrected chi connectivity index (χ0v) is 8.02. The molecule has 0 aromatic rings. The highest BCUT2D eigenvalue weighted by molar-refractivity contribution is 4.18. The Morgan fingerprint density at radius 2 is 1.33 bits per heavy atom. The van der Waals surface area contributed by atoms with E-state index in [9.17, 15) is 10.1 Å². The fraction of sp³-hybridized carbons (Fsp3) is 1.00. The average Bonchev–Trinajstić information content (AvgIpc) is 2.14. The van der Waals surface area contributed by atoms with E-state index >= 15 is 0 Å². The number of hydrogen-bond acceptors (Lipinski definition) is 5. The van der Waals surface area contributed by atoms with Crippen LogP contribution in [0, 0.1) is 10.1 Å². The molecule has 0 bridgehead atoms. The Balaban J connectivity index is -0.0000000453. The molecule has 0 aliphatic carbocycles. The highest BCUT2D eigenvalue weighted by atomic mass is 16.6. The third-order valence-electron chi connectivity index (χ3n) is 0.406. The predicted octanol–water partition coefficient (Wildman–Crippen LogP) is -0.501. The van der Waals surface area contributed by atoms with Crippen LogP contribution in [0.2, 0.25) is 0 Å². The molecule has 6 nitrogen and oxygen atoms in total. The molecule has 0 radical (unpaired) electrons. The number of hydrogen-bond donors (Lipinski definition) is 3. The van der Waals surface area contributed by atoms with Crippen LogP contribution < -0.4 is 0 Å². The van der Waals surface area contributed by atoms with Crippen LogP contribution in [0.1, 0.15) is 13.3 Å². The maximum atomic E-state index is 9.40. The zero-order chi connectivity index (χ0) is 11.0. The minimum atomic E-state index is -0.319.